The molecule has 0 spiro atoms. The van der Waals surface area contributed by atoms with Crippen molar-refractivity contribution in [3.8, 4) is 0 Å². The Kier molecular flexibility index (Phi) is 7.29. The van der Waals surface area contributed by atoms with Gasteiger partial charge in [0.15, 0.2) is 0 Å². The lowest BCUT2D eigenvalue weighted by Crippen LogP contribution is -2.45. The topological polar surface area (TPSA) is 66.8 Å². The van der Waals surface area contributed by atoms with Crippen LogP contribution < -0.4 is 0 Å². The van der Waals surface area contributed by atoms with E-state index in [1.807, 2.05) is 44.2 Å². The molecule has 5 heteroatoms. The van der Waals surface area contributed by atoms with Gasteiger partial charge in [-0.05, 0) is 18.4 Å². The average Bonchev–Trinajstić information content (AvgIpc) is 2.49. The molecule has 1 rings (SSSR count). The predicted octanol–water partition coefficient (Wildman–Crippen LogP) is 3.29. The van der Waals surface area contributed by atoms with Crippen LogP contribution in [0.1, 0.15) is 38.7 Å². The minimum absolute atomic E-state index is 0.151. The molecule has 0 heterocycles. The molecule has 1 aromatic rings. The van der Waals surface area contributed by atoms with Crippen LogP contribution in [-0.4, -0.2) is 34.7 Å². The molecular weight excluding hydrogens is 270 g/mol. The molecule has 1 aromatic carbocycles. The van der Waals surface area contributed by atoms with E-state index < -0.39 is 18.1 Å². The fraction of sp³-hybridized carbons (Fsp3) is 0.500. The first-order valence-electron chi connectivity index (χ1n) is 7.30. The summed E-state index contributed by atoms with van der Waals surface area (Å²) in [6.45, 7) is 4.33. The SMILES string of the molecule is CCCC(C(=O)O)N(CCC)C(=O)OCc1ccccc1. The van der Waals surface area contributed by atoms with Gasteiger partial charge in [-0.1, -0.05) is 50.6 Å². The Balaban J connectivity index is 2.69. The quantitative estimate of drug-likeness (QED) is 0.798. The predicted molar refractivity (Wildman–Crippen MR) is 80.0 cm³/mol. The standard InChI is InChI=1S/C16H23NO4/c1-3-8-14(15(18)19)17(11-4-2)16(20)21-12-13-9-6-5-7-10-13/h5-7,9-10,14H,3-4,8,11-12H2,1-2H3,(H,18,19). The maximum atomic E-state index is 12.2. The maximum absolute atomic E-state index is 12.2. The second kappa shape index (κ2) is 9.00. The average molecular weight is 293 g/mol. The van der Waals surface area contributed by atoms with Gasteiger partial charge in [-0.15, -0.1) is 0 Å². The summed E-state index contributed by atoms with van der Waals surface area (Å²) in [6, 6.07) is 8.51. The number of hydrogen-bond acceptors (Lipinski definition) is 3. The summed E-state index contributed by atoms with van der Waals surface area (Å²) in [5.41, 5.74) is 0.879. The molecule has 0 bridgehead atoms. The van der Waals surface area contributed by atoms with Gasteiger partial charge in [-0.3, -0.25) is 4.90 Å². The van der Waals surface area contributed by atoms with Gasteiger partial charge in [-0.25, -0.2) is 9.59 Å². The number of benzene rings is 1. The first-order chi connectivity index (χ1) is 10.1. The normalized spacial score (nSPS) is 11.7. The van der Waals surface area contributed by atoms with Crippen molar-refractivity contribution in [2.45, 2.75) is 45.8 Å². The van der Waals surface area contributed by atoms with Gasteiger partial charge in [0.1, 0.15) is 12.6 Å². The summed E-state index contributed by atoms with van der Waals surface area (Å²) in [7, 11) is 0. The number of ether oxygens (including phenoxy) is 1. The van der Waals surface area contributed by atoms with Gasteiger partial charge in [0.25, 0.3) is 0 Å². The van der Waals surface area contributed by atoms with Crippen molar-refractivity contribution >= 4 is 12.1 Å². The Labute approximate surface area is 125 Å². The van der Waals surface area contributed by atoms with Crippen molar-refractivity contribution in [2.24, 2.45) is 0 Å². The molecule has 1 N–H and O–H groups in total. The number of nitrogens with zero attached hydrogens (tertiary/aromatic N) is 1. The lowest BCUT2D eigenvalue weighted by Gasteiger charge is -2.27. The number of carboxylic acids is 1. The number of rotatable bonds is 8. The molecule has 1 atom stereocenters. The summed E-state index contributed by atoms with van der Waals surface area (Å²) in [4.78, 5) is 24.8. The van der Waals surface area contributed by atoms with Crippen molar-refractivity contribution in [2.75, 3.05) is 6.54 Å². The van der Waals surface area contributed by atoms with E-state index in [-0.39, 0.29) is 6.61 Å². The zero-order valence-electron chi connectivity index (χ0n) is 12.6. The fourth-order valence-electron chi connectivity index (χ4n) is 2.10. The first-order valence-corrected chi connectivity index (χ1v) is 7.30. The zero-order chi connectivity index (χ0) is 15.7. The molecule has 0 aliphatic carbocycles. The number of hydrogen-bond donors (Lipinski definition) is 1. The monoisotopic (exact) mass is 293 g/mol. The Morgan fingerprint density at radius 2 is 1.86 bits per heavy atom. The van der Waals surface area contributed by atoms with Crippen LogP contribution in [0.5, 0.6) is 0 Å². The number of carbonyl (C=O) groups excluding carboxylic acids is 1. The van der Waals surface area contributed by atoms with Crippen LogP contribution in [0, 0.1) is 0 Å². The third-order valence-electron chi connectivity index (χ3n) is 3.13. The second-order valence-corrected chi connectivity index (χ2v) is 4.88. The van der Waals surface area contributed by atoms with Crippen LogP contribution in [0.2, 0.25) is 0 Å². The first kappa shape index (κ1) is 17.0. The van der Waals surface area contributed by atoms with Gasteiger partial charge in [0.05, 0.1) is 0 Å². The molecule has 5 nitrogen and oxygen atoms in total. The van der Waals surface area contributed by atoms with Crippen LogP contribution in [0.3, 0.4) is 0 Å². The Bertz CT molecular complexity index is 447. The summed E-state index contributed by atoms with van der Waals surface area (Å²) < 4.78 is 5.24. The molecule has 0 radical (unpaired) electrons. The number of carbonyl (C=O) groups is 2. The lowest BCUT2D eigenvalue weighted by atomic mass is 10.1. The Hall–Kier alpha value is -2.04. The van der Waals surface area contributed by atoms with Gasteiger partial charge >= 0.3 is 12.1 Å². The second-order valence-electron chi connectivity index (χ2n) is 4.88. The molecule has 1 unspecified atom stereocenters. The van der Waals surface area contributed by atoms with Crippen molar-refractivity contribution in [3.63, 3.8) is 0 Å². The highest BCUT2D eigenvalue weighted by Crippen LogP contribution is 2.12. The minimum Gasteiger partial charge on any atom is -0.480 e. The molecule has 0 saturated heterocycles. The highest BCUT2D eigenvalue weighted by Gasteiger charge is 2.29. The van der Waals surface area contributed by atoms with Crippen molar-refractivity contribution in [1.82, 2.24) is 4.90 Å². The smallest absolute Gasteiger partial charge is 0.410 e. The van der Waals surface area contributed by atoms with Gasteiger partial charge in [0.2, 0.25) is 0 Å². The van der Waals surface area contributed by atoms with Gasteiger partial charge < -0.3 is 9.84 Å². The van der Waals surface area contributed by atoms with Crippen LogP contribution in [0.25, 0.3) is 0 Å². The Morgan fingerprint density at radius 1 is 1.19 bits per heavy atom. The lowest BCUT2D eigenvalue weighted by molar-refractivity contribution is -0.143. The molecule has 0 aromatic heterocycles. The molecular formula is C16H23NO4. The van der Waals surface area contributed by atoms with E-state index in [0.717, 1.165) is 5.56 Å². The van der Waals surface area contributed by atoms with Crippen molar-refractivity contribution < 1.29 is 19.4 Å². The van der Waals surface area contributed by atoms with E-state index in [1.165, 1.54) is 4.90 Å². The Morgan fingerprint density at radius 3 is 2.38 bits per heavy atom. The van der Waals surface area contributed by atoms with E-state index in [9.17, 15) is 14.7 Å². The molecule has 0 fully saturated rings. The van der Waals surface area contributed by atoms with E-state index in [4.69, 9.17) is 4.74 Å². The van der Waals surface area contributed by atoms with E-state index in [2.05, 4.69) is 0 Å². The zero-order valence-corrected chi connectivity index (χ0v) is 12.6. The van der Waals surface area contributed by atoms with E-state index in [1.54, 1.807) is 0 Å². The maximum Gasteiger partial charge on any atom is 0.410 e. The number of aliphatic carboxylic acids is 1. The molecule has 0 saturated carbocycles. The third-order valence-corrected chi connectivity index (χ3v) is 3.13. The molecule has 0 aliphatic rings. The third kappa shape index (κ3) is 5.45. The summed E-state index contributed by atoms with van der Waals surface area (Å²) >= 11 is 0. The molecule has 1 amide bonds. The van der Waals surface area contributed by atoms with Gasteiger partial charge in [-0.2, -0.15) is 0 Å². The highest BCUT2D eigenvalue weighted by molar-refractivity contribution is 5.80. The van der Waals surface area contributed by atoms with Crippen LogP contribution in [0.4, 0.5) is 4.79 Å². The number of carboxylic acid groups (broad SMARTS) is 1. The molecule has 0 aliphatic heterocycles. The summed E-state index contributed by atoms with van der Waals surface area (Å²) in [5.74, 6) is -0.984. The van der Waals surface area contributed by atoms with Crippen molar-refractivity contribution in [3.05, 3.63) is 35.9 Å². The number of amides is 1. The highest BCUT2D eigenvalue weighted by atomic mass is 16.6. The van der Waals surface area contributed by atoms with Crippen LogP contribution in [-0.2, 0) is 16.1 Å². The largest absolute Gasteiger partial charge is 0.480 e. The van der Waals surface area contributed by atoms with Gasteiger partial charge in [0, 0.05) is 6.54 Å². The minimum atomic E-state index is -0.984. The van der Waals surface area contributed by atoms with E-state index in [0.29, 0.717) is 25.8 Å². The van der Waals surface area contributed by atoms with E-state index >= 15 is 0 Å². The molecule has 21 heavy (non-hydrogen) atoms. The summed E-state index contributed by atoms with van der Waals surface area (Å²) in [5, 5.41) is 9.29. The molecule has 116 valence electrons. The summed E-state index contributed by atoms with van der Waals surface area (Å²) in [6.07, 6.45) is 1.24. The van der Waals surface area contributed by atoms with Crippen LogP contribution in [0.15, 0.2) is 30.3 Å². The van der Waals surface area contributed by atoms with Crippen molar-refractivity contribution in [1.29, 1.82) is 0 Å². The fourth-order valence-corrected chi connectivity index (χ4v) is 2.10. The van der Waals surface area contributed by atoms with Crippen LogP contribution >= 0.6 is 0 Å².